The standard InChI is InChI=1S/C13H17FO2/c1-4-9(2)13(15)8-16-11-6-5-10(3)12(14)7-11/h5-7,9H,4,8H2,1-3H3. The summed E-state index contributed by atoms with van der Waals surface area (Å²) in [6, 6.07) is 4.61. The Morgan fingerprint density at radius 2 is 2.19 bits per heavy atom. The molecule has 0 aliphatic rings. The van der Waals surface area contributed by atoms with Crippen molar-refractivity contribution in [1.82, 2.24) is 0 Å². The largest absolute Gasteiger partial charge is 0.486 e. The molecule has 1 aromatic rings. The van der Waals surface area contributed by atoms with Gasteiger partial charge in [-0.2, -0.15) is 0 Å². The van der Waals surface area contributed by atoms with Gasteiger partial charge in [-0.25, -0.2) is 4.39 Å². The van der Waals surface area contributed by atoms with Gasteiger partial charge in [0.1, 0.15) is 18.2 Å². The number of halogens is 1. The normalized spacial score (nSPS) is 12.2. The number of aryl methyl sites for hydroxylation is 1. The summed E-state index contributed by atoms with van der Waals surface area (Å²) >= 11 is 0. The Hall–Kier alpha value is -1.38. The fraction of sp³-hybridized carbons (Fsp3) is 0.462. The highest BCUT2D eigenvalue weighted by molar-refractivity contribution is 5.82. The van der Waals surface area contributed by atoms with E-state index in [9.17, 15) is 9.18 Å². The second-order valence-electron chi connectivity index (χ2n) is 3.98. The Balaban J connectivity index is 2.55. The topological polar surface area (TPSA) is 26.3 Å². The molecule has 0 fully saturated rings. The number of carbonyl (C=O) groups is 1. The van der Waals surface area contributed by atoms with Gasteiger partial charge in [-0.05, 0) is 25.0 Å². The van der Waals surface area contributed by atoms with Crippen LogP contribution in [0.5, 0.6) is 5.75 Å². The third-order valence-corrected chi connectivity index (χ3v) is 2.69. The first-order chi connectivity index (χ1) is 7.54. The predicted octanol–water partition coefficient (Wildman–Crippen LogP) is 3.13. The number of hydrogen-bond donors (Lipinski definition) is 0. The van der Waals surface area contributed by atoms with Crippen LogP contribution in [0.1, 0.15) is 25.8 Å². The molecule has 0 aliphatic heterocycles. The molecule has 0 spiro atoms. The molecular formula is C13H17FO2. The third kappa shape index (κ3) is 3.33. The van der Waals surface area contributed by atoms with Crippen molar-refractivity contribution in [2.24, 2.45) is 5.92 Å². The first-order valence-corrected chi connectivity index (χ1v) is 5.46. The fourth-order valence-electron chi connectivity index (χ4n) is 1.19. The lowest BCUT2D eigenvalue weighted by Crippen LogP contribution is -2.18. The molecule has 88 valence electrons. The average molecular weight is 224 g/mol. The second kappa shape index (κ2) is 5.64. The van der Waals surface area contributed by atoms with E-state index in [0.29, 0.717) is 11.3 Å². The number of hydrogen-bond acceptors (Lipinski definition) is 2. The van der Waals surface area contributed by atoms with E-state index in [1.54, 1.807) is 19.1 Å². The lowest BCUT2D eigenvalue weighted by Gasteiger charge is -2.09. The maximum absolute atomic E-state index is 13.2. The summed E-state index contributed by atoms with van der Waals surface area (Å²) < 4.78 is 18.4. The van der Waals surface area contributed by atoms with Crippen LogP contribution in [0, 0.1) is 18.7 Å². The Morgan fingerprint density at radius 1 is 1.50 bits per heavy atom. The van der Waals surface area contributed by atoms with Crippen molar-refractivity contribution in [3.63, 3.8) is 0 Å². The molecular weight excluding hydrogens is 207 g/mol. The van der Waals surface area contributed by atoms with Crippen molar-refractivity contribution in [3.05, 3.63) is 29.6 Å². The van der Waals surface area contributed by atoms with E-state index < -0.39 is 0 Å². The number of ketones is 1. The van der Waals surface area contributed by atoms with Gasteiger partial charge in [0.15, 0.2) is 5.78 Å². The summed E-state index contributed by atoms with van der Waals surface area (Å²) in [7, 11) is 0. The molecule has 0 bridgehead atoms. The van der Waals surface area contributed by atoms with E-state index in [1.165, 1.54) is 6.07 Å². The molecule has 1 rings (SSSR count). The van der Waals surface area contributed by atoms with Crippen molar-refractivity contribution >= 4 is 5.78 Å². The maximum atomic E-state index is 13.2. The SMILES string of the molecule is CCC(C)C(=O)COc1ccc(C)c(F)c1. The van der Waals surface area contributed by atoms with Gasteiger partial charge in [0.05, 0.1) is 0 Å². The lowest BCUT2D eigenvalue weighted by molar-refractivity contribution is -0.124. The molecule has 2 nitrogen and oxygen atoms in total. The van der Waals surface area contributed by atoms with Gasteiger partial charge >= 0.3 is 0 Å². The van der Waals surface area contributed by atoms with E-state index in [2.05, 4.69) is 0 Å². The molecule has 0 N–H and O–H groups in total. The highest BCUT2D eigenvalue weighted by Crippen LogP contribution is 2.16. The highest BCUT2D eigenvalue weighted by Gasteiger charge is 2.11. The quantitative estimate of drug-likeness (QED) is 0.768. The molecule has 0 amide bonds. The first kappa shape index (κ1) is 12.7. The Bertz CT molecular complexity index is 374. The van der Waals surface area contributed by atoms with Crippen LogP contribution in [0.4, 0.5) is 4.39 Å². The molecule has 0 aromatic heterocycles. The molecule has 0 aliphatic carbocycles. The van der Waals surface area contributed by atoms with Gasteiger partial charge in [-0.15, -0.1) is 0 Å². The zero-order valence-electron chi connectivity index (χ0n) is 9.92. The Labute approximate surface area is 95.4 Å². The van der Waals surface area contributed by atoms with Crippen LogP contribution >= 0.6 is 0 Å². The summed E-state index contributed by atoms with van der Waals surface area (Å²) in [5, 5.41) is 0. The predicted molar refractivity (Wildman–Crippen MR) is 61.1 cm³/mol. The highest BCUT2D eigenvalue weighted by atomic mass is 19.1. The molecule has 1 unspecified atom stereocenters. The molecule has 0 saturated heterocycles. The van der Waals surface area contributed by atoms with Crippen LogP contribution in [0.15, 0.2) is 18.2 Å². The zero-order chi connectivity index (χ0) is 12.1. The van der Waals surface area contributed by atoms with Crippen LogP contribution < -0.4 is 4.74 Å². The minimum absolute atomic E-state index is 0.00436. The summed E-state index contributed by atoms with van der Waals surface area (Å²) in [4.78, 5) is 11.5. The number of ether oxygens (including phenoxy) is 1. The first-order valence-electron chi connectivity index (χ1n) is 5.46. The molecule has 0 saturated carbocycles. The molecule has 3 heteroatoms. The summed E-state index contributed by atoms with van der Waals surface area (Å²) in [5.41, 5.74) is 0.570. The molecule has 0 radical (unpaired) electrons. The van der Waals surface area contributed by atoms with Gasteiger partial charge in [0, 0.05) is 12.0 Å². The summed E-state index contributed by atoms with van der Waals surface area (Å²) in [5.74, 6) is 0.132. The monoisotopic (exact) mass is 224 g/mol. The van der Waals surface area contributed by atoms with Crippen LogP contribution in [0.3, 0.4) is 0 Å². The van der Waals surface area contributed by atoms with Crippen molar-refractivity contribution in [2.45, 2.75) is 27.2 Å². The second-order valence-corrected chi connectivity index (χ2v) is 3.98. The minimum Gasteiger partial charge on any atom is -0.486 e. The fourth-order valence-corrected chi connectivity index (χ4v) is 1.19. The number of carbonyl (C=O) groups excluding carboxylic acids is 1. The van der Waals surface area contributed by atoms with Crippen LogP contribution in [-0.4, -0.2) is 12.4 Å². The minimum atomic E-state index is -0.312. The number of benzene rings is 1. The van der Waals surface area contributed by atoms with Crippen molar-refractivity contribution in [2.75, 3.05) is 6.61 Å². The van der Waals surface area contributed by atoms with E-state index in [1.807, 2.05) is 13.8 Å². The Morgan fingerprint density at radius 3 is 2.75 bits per heavy atom. The van der Waals surface area contributed by atoms with Gasteiger partial charge in [-0.1, -0.05) is 19.9 Å². The van der Waals surface area contributed by atoms with Crippen LogP contribution in [-0.2, 0) is 4.79 Å². The smallest absolute Gasteiger partial charge is 0.172 e. The van der Waals surface area contributed by atoms with E-state index >= 15 is 0 Å². The lowest BCUT2D eigenvalue weighted by atomic mass is 10.0. The summed E-state index contributed by atoms with van der Waals surface area (Å²) in [6.45, 7) is 5.51. The van der Waals surface area contributed by atoms with E-state index in [-0.39, 0.29) is 24.1 Å². The van der Waals surface area contributed by atoms with Crippen molar-refractivity contribution in [1.29, 1.82) is 0 Å². The number of rotatable bonds is 5. The van der Waals surface area contributed by atoms with Gasteiger partial charge in [0.25, 0.3) is 0 Å². The molecule has 1 atom stereocenters. The zero-order valence-corrected chi connectivity index (χ0v) is 9.92. The molecule has 16 heavy (non-hydrogen) atoms. The van der Waals surface area contributed by atoms with Gasteiger partial charge in [-0.3, -0.25) is 4.79 Å². The average Bonchev–Trinajstić information content (AvgIpc) is 2.29. The molecule has 1 aromatic carbocycles. The van der Waals surface area contributed by atoms with Gasteiger partial charge < -0.3 is 4.74 Å². The van der Waals surface area contributed by atoms with E-state index in [4.69, 9.17) is 4.74 Å². The number of Topliss-reactive ketones (excluding diaryl/α,β-unsaturated/α-hetero) is 1. The van der Waals surface area contributed by atoms with Crippen molar-refractivity contribution in [3.8, 4) is 5.75 Å². The van der Waals surface area contributed by atoms with E-state index in [0.717, 1.165) is 6.42 Å². The van der Waals surface area contributed by atoms with Crippen LogP contribution in [0.2, 0.25) is 0 Å². The third-order valence-electron chi connectivity index (χ3n) is 2.69. The van der Waals surface area contributed by atoms with Crippen molar-refractivity contribution < 1.29 is 13.9 Å². The molecule has 0 heterocycles. The summed E-state index contributed by atoms with van der Waals surface area (Å²) in [6.07, 6.45) is 0.796. The van der Waals surface area contributed by atoms with Crippen LogP contribution in [0.25, 0.3) is 0 Å². The maximum Gasteiger partial charge on any atom is 0.172 e. The Kier molecular flexibility index (Phi) is 4.47. The van der Waals surface area contributed by atoms with Gasteiger partial charge in [0.2, 0.25) is 0 Å².